The minimum Gasteiger partial charge on any atom is -0.370 e. The Morgan fingerprint density at radius 2 is 1.71 bits per heavy atom. The third kappa shape index (κ3) is 3.47. The Labute approximate surface area is 129 Å². The second-order valence-corrected chi connectivity index (χ2v) is 6.65. The Bertz CT molecular complexity index is 472. The fraction of sp³-hybridized carbons (Fsp3) is 0.765. The lowest BCUT2D eigenvalue weighted by Gasteiger charge is -2.41. The summed E-state index contributed by atoms with van der Waals surface area (Å²) < 4.78 is 0. The van der Waals surface area contributed by atoms with Crippen molar-refractivity contribution in [3.63, 3.8) is 0 Å². The lowest BCUT2D eigenvalue weighted by molar-refractivity contribution is 0.145. The molecule has 1 aliphatic rings. The molecule has 0 aromatic carbocycles. The van der Waals surface area contributed by atoms with Gasteiger partial charge in [0.25, 0.3) is 0 Å². The number of hydrogen-bond acceptors (Lipinski definition) is 4. The highest BCUT2D eigenvalue weighted by molar-refractivity contribution is 5.57. The van der Waals surface area contributed by atoms with Gasteiger partial charge in [-0.15, -0.1) is 0 Å². The Morgan fingerprint density at radius 3 is 2.14 bits per heavy atom. The van der Waals surface area contributed by atoms with Gasteiger partial charge in [-0.05, 0) is 38.5 Å². The summed E-state index contributed by atoms with van der Waals surface area (Å²) in [5.41, 5.74) is 1.63. The van der Waals surface area contributed by atoms with Crippen LogP contribution in [0.3, 0.4) is 0 Å². The number of hydrogen-bond donors (Lipinski definition) is 2. The molecule has 1 aromatic heterocycles. The topological polar surface area (TPSA) is 49.8 Å². The maximum atomic E-state index is 4.75. The van der Waals surface area contributed by atoms with Gasteiger partial charge in [0, 0.05) is 24.6 Å². The van der Waals surface area contributed by atoms with Gasteiger partial charge in [0.1, 0.15) is 17.5 Å². The Balaban J connectivity index is 2.20. The molecule has 0 unspecified atom stereocenters. The molecular weight excluding hydrogens is 260 g/mol. The van der Waals surface area contributed by atoms with E-state index in [2.05, 4.69) is 50.2 Å². The van der Waals surface area contributed by atoms with Crippen LogP contribution in [0, 0.1) is 12.3 Å². The normalized spacial score (nSPS) is 16.7. The molecule has 0 aliphatic heterocycles. The summed E-state index contributed by atoms with van der Waals surface area (Å²) in [6.45, 7) is 12.7. The van der Waals surface area contributed by atoms with Crippen molar-refractivity contribution in [1.29, 1.82) is 0 Å². The molecule has 0 radical (unpaired) electrons. The van der Waals surface area contributed by atoms with Crippen LogP contribution in [-0.4, -0.2) is 23.1 Å². The quantitative estimate of drug-likeness (QED) is 0.784. The van der Waals surface area contributed by atoms with Gasteiger partial charge in [0.05, 0.1) is 0 Å². The van der Waals surface area contributed by atoms with Gasteiger partial charge in [-0.25, -0.2) is 9.97 Å². The predicted molar refractivity (Wildman–Crippen MR) is 90.1 cm³/mol. The van der Waals surface area contributed by atoms with E-state index in [1.165, 1.54) is 25.7 Å². The summed E-state index contributed by atoms with van der Waals surface area (Å²) in [4.78, 5) is 9.41. The van der Waals surface area contributed by atoms with Gasteiger partial charge in [-0.2, -0.15) is 0 Å². The van der Waals surface area contributed by atoms with E-state index in [-0.39, 0.29) is 0 Å². The fourth-order valence-electron chi connectivity index (χ4n) is 2.91. The van der Waals surface area contributed by atoms with Crippen molar-refractivity contribution in [3.05, 3.63) is 11.4 Å². The summed E-state index contributed by atoms with van der Waals surface area (Å²) in [5, 5.41) is 6.97. The van der Waals surface area contributed by atoms with E-state index in [0.717, 1.165) is 36.1 Å². The highest BCUT2D eigenvalue weighted by Gasteiger charge is 2.35. The summed E-state index contributed by atoms with van der Waals surface area (Å²) in [6.07, 6.45) is 5.31. The molecule has 2 rings (SSSR count). The summed E-state index contributed by atoms with van der Waals surface area (Å²) in [5.74, 6) is 3.23. The molecule has 4 heteroatoms. The third-order valence-electron chi connectivity index (χ3n) is 4.82. The summed E-state index contributed by atoms with van der Waals surface area (Å²) >= 11 is 0. The molecule has 1 aromatic rings. The first kappa shape index (κ1) is 16.1. The second kappa shape index (κ2) is 6.63. The number of nitrogens with zero attached hydrogens (tertiary/aromatic N) is 2. The van der Waals surface area contributed by atoms with E-state index in [9.17, 15) is 0 Å². The van der Waals surface area contributed by atoms with Crippen LogP contribution in [0.1, 0.15) is 70.7 Å². The molecule has 0 spiro atoms. The van der Waals surface area contributed by atoms with E-state index in [4.69, 9.17) is 4.98 Å². The second-order valence-electron chi connectivity index (χ2n) is 6.65. The lowest BCUT2D eigenvalue weighted by atomic mass is 9.67. The van der Waals surface area contributed by atoms with Gasteiger partial charge in [0.2, 0.25) is 0 Å². The molecule has 4 nitrogen and oxygen atoms in total. The fourth-order valence-corrected chi connectivity index (χ4v) is 2.91. The highest BCUT2D eigenvalue weighted by Crippen LogP contribution is 2.43. The van der Waals surface area contributed by atoms with Gasteiger partial charge >= 0.3 is 0 Å². The molecule has 118 valence electrons. The largest absolute Gasteiger partial charge is 0.370 e. The molecule has 0 saturated heterocycles. The first-order chi connectivity index (χ1) is 10.0. The van der Waals surface area contributed by atoms with Crippen LogP contribution in [-0.2, 0) is 0 Å². The highest BCUT2D eigenvalue weighted by atomic mass is 15.1. The van der Waals surface area contributed by atoms with E-state index in [1.54, 1.807) is 0 Å². The predicted octanol–water partition coefficient (Wildman–Crippen LogP) is 4.33. The van der Waals surface area contributed by atoms with Crippen LogP contribution in [0.2, 0.25) is 0 Å². The van der Waals surface area contributed by atoms with E-state index in [1.807, 2.05) is 0 Å². The SMILES string of the molecule is CCNc1nc(C(C)C)nc(NCC2(CC)CCC2)c1C. The standard InChI is InChI=1S/C17H30N4/c1-6-17(9-8-10-17)11-19-16-13(5)15(18-7-2)20-14(21-16)12(3)4/h12H,6-11H2,1-5H3,(H2,18,19,20,21). The number of nitrogens with one attached hydrogen (secondary N) is 2. The zero-order chi connectivity index (χ0) is 15.5. The molecule has 1 heterocycles. The smallest absolute Gasteiger partial charge is 0.135 e. The zero-order valence-electron chi connectivity index (χ0n) is 14.2. The van der Waals surface area contributed by atoms with E-state index in [0.29, 0.717) is 11.3 Å². The molecule has 0 bridgehead atoms. The van der Waals surface area contributed by atoms with Gasteiger partial charge in [0.15, 0.2) is 0 Å². The number of rotatable bonds is 7. The molecular formula is C17H30N4. The average molecular weight is 290 g/mol. The maximum absolute atomic E-state index is 4.75. The van der Waals surface area contributed by atoms with Gasteiger partial charge in [-0.1, -0.05) is 27.2 Å². The van der Waals surface area contributed by atoms with Gasteiger partial charge in [-0.3, -0.25) is 0 Å². The third-order valence-corrected chi connectivity index (χ3v) is 4.82. The Morgan fingerprint density at radius 1 is 1.10 bits per heavy atom. The van der Waals surface area contributed by atoms with Gasteiger partial charge < -0.3 is 10.6 Å². The monoisotopic (exact) mass is 290 g/mol. The van der Waals surface area contributed by atoms with E-state index >= 15 is 0 Å². The first-order valence-corrected chi connectivity index (χ1v) is 8.37. The zero-order valence-corrected chi connectivity index (χ0v) is 14.2. The van der Waals surface area contributed by atoms with Crippen LogP contribution < -0.4 is 10.6 Å². The average Bonchev–Trinajstić information content (AvgIpc) is 2.41. The Hall–Kier alpha value is -1.32. The molecule has 21 heavy (non-hydrogen) atoms. The van der Waals surface area contributed by atoms with Crippen molar-refractivity contribution in [3.8, 4) is 0 Å². The van der Waals surface area contributed by atoms with Crippen LogP contribution in [0.5, 0.6) is 0 Å². The summed E-state index contributed by atoms with van der Waals surface area (Å²) in [6, 6.07) is 0. The minimum absolute atomic E-state index is 0.340. The van der Waals surface area contributed by atoms with Crippen molar-refractivity contribution < 1.29 is 0 Å². The number of aromatic nitrogens is 2. The van der Waals surface area contributed by atoms with Crippen LogP contribution in [0.25, 0.3) is 0 Å². The lowest BCUT2D eigenvalue weighted by Crippen LogP contribution is -2.36. The minimum atomic E-state index is 0.340. The molecule has 1 fully saturated rings. The van der Waals surface area contributed by atoms with Crippen molar-refractivity contribution in [2.75, 3.05) is 23.7 Å². The Kier molecular flexibility index (Phi) is 5.07. The molecule has 0 amide bonds. The van der Waals surface area contributed by atoms with Crippen LogP contribution in [0.4, 0.5) is 11.6 Å². The first-order valence-electron chi connectivity index (χ1n) is 8.37. The van der Waals surface area contributed by atoms with Crippen molar-refractivity contribution in [2.24, 2.45) is 5.41 Å². The molecule has 1 aliphatic carbocycles. The van der Waals surface area contributed by atoms with Crippen molar-refractivity contribution in [2.45, 2.75) is 66.2 Å². The van der Waals surface area contributed by atoms with Crippen molar-refractivity contribution >= 4 is 11.6 Å². The molecule has 2 N–H and O–H groups in total. The van der Waals surface area contributed by atoms with Crippen LogP contribution in [0.15, 0.2) is 0 Å². The molecule has 1 saturated carbocycles. The van der Waals surface area contributed by atoms with Crippen LogP contribution >= 0.6 is 0 Å². The van der Waals surface area contributed by atoms with Crippen molar-refractivity contribution in [1.82, 2.24) is 9.97 Å². The summed E-state index contributed by atoms with van der Waals surface area (Å²) in [7, 11) is 0. The molecule has 0 atom stereocenters. The number of anilines is 2. The van der Waals surface area contributed by atoms with E-state index < -0.39 is 0 Å². The maximum Gasteiger partial charge on any atom is 0.135 e.